The Morgan fingerprint density at radius 2 is 1.59 bits per heavy atom. The van der Waals surface area contributed by atoms with Crippen LogP contribution in [-0.4, -0.2) is 30.4 Å². The molecule has 156 valence electrons. The number of anilines is 2. The van der Waals surface area contributed by atoms with Gasteiger partial charge in [0.2, 0.25) is 0 Å². The summed E-state index contributed by atoms with van der Waals surface area (Å²) in [5, 5.41) is 2.53. The van der Waals surface area contributed by atoms with Crippen LogP contribution >= 0.6 is 0 Å². The first kappa shape index (κ1) is 19.9. The number of para-hydroxylation sites is 2. The largest absolute Gasteiger partial charge is 0.330 e. The number of rotatable bonds is 4. The Labute approximate surface area is 172 Å². The Kier molecular flexibility index (Phi) is 5.61. The second-order valence-corrected chi connectivity index (χ2v) is 9.02. The van der Waals surface area contributed by atoms with Crippen molar-refractivity contribution in [3.63, 3.8) is 0 Å². The average molecular weight is 398 g/mol. The summed E-state index contributed by atoms with van der Waals surface area (Å²) in [6.07, 6.45) is 10.3. The molecule has 1 N–H and O–H groups in total. The molecule has 0 aromatic heterocycles. The van der Waals surface area contributed by atoms with E-state index in [1.165, 1.54) is 17.7 Å². The van der Waals surface area contributed by atoms with Gasteiger partial charge >= 0.3 is 12.1 Å². The van der Waals surface area contributed by atoms with Gasteiger partial charge in [0.15, 0.2) is 5.78 Å². The highest BCUT2D eigenvalue weighted by Gasteiger charge is 2.40. The second-order valence-electron chi connectivity index (χ2n) is 9.02. The Hall–Kier alpha value is -2.37. The number of imide groups is 1. The van der Waals surface area contributed by atoms with Gasteiger partial charge in [0.25, 0.3) is 0 Å². The maximum absolute atomic E-state index is 13.2. The summed E-state index contributed by atoms with van der Waals surface area (Å²) >= 11 is 0. The molecule has 1 aromatic rings. The minimum absolute atomic E-state index is 0.00509. The summed E-state index contributed by atoms with van der Waals surface area (Å²) in [7, 11) is 0. The predicted octanol–water partition coefficient (Wildman–Crippen LogP) is 5.01. The van der Waals surface area contributed by atoms with Crippen molar-refractivity contribution in [3.8, 4) is 0 Å². The zero-order valence-corrected chi connectivity index (χ0v) is 17.3. The molecule has 0 atom stereocenters. The molecule has 0 spiro atoms. The van der Waals surface area contributed by atoms with E-state index in [1.54, 1.807) is 4.90 Å². The summed E-state index contributed by atoms with van der Waals surface area (Å²) in [6.45, 7) is 2.03. The van der Waals surface area contributed by atoms with Crippen molar-refractivity contribution >= 4 is 29.2 Å². The highest BCUT2D eigenvalue weighted by Crippen LogP contribution is 2.39. The monoisotopic (exact) mass is 397 g/mol. The van der Waals surface area contributed by atoms with E-state index in [9.17, 15) is 14.4 Å². The minimum Gasteiger partial charge on any atom is -0.297 e. The first-order chi connectivity index (χ1) is 14.0. The molecule has 2 aliphatic carbocycles. The molecule has 29 heavy (non-hydrogen) atoms. The Balaban J connectivity index is 1.66. The van der Waals surface area contributed by atoms with Gasteiger partial charge in [-0.3, -0.25) is 19.9 Å². The summed E-state index contributed by atoms with van der Waals surface area (Å²) in [4.78, 5) is 42.3. The Morgan fingerprint density at radius 1 is 0.966 bits per heavy atom. The van der Waals surface area contributed by atoms with Gasteiger partial charge in [-0.05, 0) is 37.8 Å². The SMILES string of the molecule is CC1(C(=O)CN2C(=O)NC(=O)N(C3CCCCC3)c3ccccc32)CCCCC1. The van der Waals surface area contributed by atoms with Gasteiger partial charge in [-0.25, -0.2) is 9.59 Å². The summed E-state index contributed by atoms with van der Waals surface area (Å²) in [6, 6.07) is 6.69. The van der Waals surface area contributed by atoms with Crippen LogP contribution in [0.25, 0.3) is 0 Å². The van der Waals surface area contributed by atoms with Gasteiger partial charge in [-0.1, -0.05) is 57.6 Å². The van der Waals surface area contributed by atoms with Gasteiger partial charge < -0.3 is 0 Å². The number of hydrogen-bond acceptors (Lipinski definition) is 3. The van der Waals surface area contributed by atoms with E-state index in [4.69, 9.17) is 0 Å². The van der Waals surface area contributed by atoms with Gasteiger partial charge in [0.05, 0.1) is 17.9 Å². The zero-order valence-electron chi connectivity index (χ0n) is 17.3. The fourth-order valence-corrected chi connectivity index (χ4v) is 5.14. The maximum atomic E-state index is 13.2. The van der Waals surface area contributed by atoms with Crippen LogP contribution in [0, 0.1) is 5.41 Å². The van der Waals surface area contributed by atoms with Gasteiger partial charge in [0, 0.05) is 11.5 Å². The molecule has 6 nitrogen and oxygen atoms in total. The first-order valence-electron chi connectivity index (χ1n) is 11.0. The van der Waals surface area contributed by atoms with E-state index in [1.807, 2.05) is 31.2 Å². The van der Waals surface area contributed by atoms with Gasteiger partial charge in [0.1, 0.15) is 0 Å². The number of ketones is 1. The Bertz CT molecular complexity index is 794. The van der Waals surface area contributed by atoms with Crippen LogP contribution in [0.15, 0.2) is 24.3 Å². The van der Waals surface area contributed by atoms with Crippen LogP contribution < -0.4 is 15.1 Å². The van der Waals surface area contributed by atoms with E-state index >= 15 is 0 Å². The third-order valence-corrected chi connectivity index (χ3v) is 6.98. The molecule has 0 saturated heterocycles. The van der Waals surface area contributed by atoms with E-state index < -0.39 is 6.03 Å². The zero-order chi connectivity index (χ0) is 20.4. The van der Waals surface area contributed by atoms with Crippen molar-refractivity contribution in [3.05, 3.63) is 24.3 Å². The molecule has 1 aromatic carbocycles. The molecule has 0 unspecified atom stereocenters. The number of Topliss-reactive ketones (excluding diaryl/α,β-unsaturated/α-hetero) is 1. The number of carbonyl (C=O) groups is 3. The summed E-state index contributed by atoms with van der Waals surface area (Å²) in [5.74, 6) is 0.0840. The van der Waals surface area contributed by atoms with Crippen LogP contribution in [0.4, 0.5) is 21.0 Å². The van der Waals surface area contributed by atoms with Crippen molar-refractivity contribution in [1.82, 2.24) is 5.32 Å². The lowest BCUT2D eigenvalue weighted by Gasteiger charge is -2.35. The lowest BCUT2D eigenvalue weighted by atomic mass is 9.72. The number of amides is 4. The van der Waals surface area contributed by atoms with Crippen LogP contribution in [-0.2, 0) is 4.79 Å². The number of hydrogen-bond donors (Lipinski definition) is 1. The number of benzene rings is 1. The van der Waals surface area contributed by atoms with Crippen molar-refractivity contribution < 1.29 is 14.4 Å². The average Bonchev–Trinajstić information content (AvgIpc) is 2.83. The van der Waals surface area contributed by atoms with E-state index in [0.717, 1.165) is 57.1 Å². The molecular formula is C23H31N3O3. The van der Waals surface area contributed by atoms with Crippen LogP contribution in [0.5, 0.6) is 0 Å². The highest BCUT2D eigenvalue weighted by molar-refractivity contribution is 6.15. The van der Waals surface area contributed by atoms with Crippen molar-refractivity contribution in [2.45, 2.75) is 77.2 Å². The number of urea groups is 2. The van der Waals surface area contributed by atoms with Crippen molar-refractivity contribution in [2.75, 3.05) is 16.3 Å². The third-order valence-electron chi connectivity index (χ3n) is 6.98. The molecule has 4 amide bonds. The lowest BCUT2D eigenvalue weighted by Crippen LogP contribution is -2.50. The molecule has 1 heterocycles. The van der Waals surface area contributed by atoms with E-state index in [-0.39, 0.29) is 29.8 Å². The predicted molar refractivity (Wildman–Crippen MR) is 113 cm³/mol. The molecular weight excluding hydrogens is 366 g/mol. The third kappa shape index (κ3) is 3.89. The summed E-state index contributed by atoms with van der Waals surface area (Å²) in [5.41, 5.74) is 0.992. The molecule has 0 bridgehead atoms. The second kappa shape index (κ2) is 8.17. The normalized spacial score (nSPS) is 22.7. The van der Waals surface area contributed by atoms with Crippen molar-refractivity contribution in [1.29, 1.82) is 0 Å². The van der Waals surface area contributed by atoms with Crippen LogP contribution in [0.1, 0.15) is 71.1 Å². The van der Waals surface area contributed by atoms with Crippen molar-refractivity contribution in [2.24, 2.45) is 5.41 Å². The Morgan fingerprint density at radius 3 is 2.28 bits per heavy atom. The molecule has 0 radical (unpaired) electrons. The molecule has 3 aliphatic rings. The van der Waals surface area contributed by atoms with Crippen LogP contribution in [0.2, 0.25) is 0 Å². The standard InChI is InChI=1S/C23H31N3O3/c1-23(14-8-3-9-15-23)20(27)16-25-18-12-6-7-13-19(18)26(22(29)24-21(25)28)17-10-4-2-5-11-17/h6-7,12-13,17H,2-5,8-11,14-16H2,1H3,(H,24,28,29). The highest BCUT2D eigenvalue weighted by atomic mass is 16.2. The fraction of sp³-hybridized carbons (Fsp3) is 0.609. The molecule has 4 rings (SSSR count). The maximum Gasteiger partial charge on any atom is 0.330 e. The lowest BCUT2D eigenvalue weighted by molar-refractivity contribution is -0.128. The van der Waals surface area contributed by atoms with Gasteiger partial charge in [-0.15, -0.1) is 0 Å². The number of fused-ring (bicyclic) bond motifs is 1. The summed E-state index contributed by atoms with van der Waals surface area (Å²) < 4.78 is 0. The van der Waals surface area contributed by atoms with E-state index in [0.29, 0.717) is 5.69 Å². The quantitative estimate of drug-likeness (QED) is 0.776. The van der Waals surface area contributed by atoms with Crippen LogP contribution in [0.3, 0.4) is 0 Å². The minimum atomic E-state index is -0.506. The molecule has 1 aliphatic heterocycles. The first-order valence-corrected chi connectivity index (χ1v) is 11.0. The molecule has 2 saturated carbocycles. The number of nitrogens with one attached hydrogen (secondary N) is 1. The smallest absolute Gasteiger partial charge is 0.297 e. The number of carbonyl (C=O) groups excluding carboxylic acids is 3. The molecule has 2 fully saturated rings. The fourth-order valence-electron chi connectivity index (χ4n) is 5.14. The van der Waals surface area contributed by atoms with Gasteiger partial charge in [-0.2, -0.15) is 0 Å². The molecule has 6 heteroatoms. The number of nitrogens with zero attached hydrogens (tertiary/aromatic N) is 2. The topological polar surface area (TPSA) is 69.7 Å². The van der Waals surface area contributed by atoms with E-state index in [2.05, 4.69) is 5.32 Å².